The van der Waals surface area contributed by atoms with E-state index < -0.39 is 0 Å². The molecule has 2 heteroatoms. The fourth-order valence-corrected chi connectivity index (χ4v) is 2.16. The predicted molar refractivity (Wildman–Crippen MR) is 77.2 cm³/mol. The number of halogens is 2. The van der Waals surface area contributed by atoms with E-state index >= 15 is 0 Å². The average molecular weight is 373 g/mol. The van der Waals surface area contributed by atoms with Gasteiger partial charge in [0.15, 0.2) is 0 Å². The summed E-state index contributed by atoms with van der Waals surface area (Å²) in [5.74, 6) is 0. The van der Waals surface area contributed by atoms with E-state index in [0.29, 0.717) is 0 Å². The van der Waals surface area contributed by atoms with Crippen molar-refractivity contribution in [3.8, 4) is 11.1 Å². The molecule has 0 radical (unpaired) electrons. The Morgan fingerprint density at radius 2 is 1.27 bits per heavy atom. The number of hydrogen-bond donors (Lipinski definition) is 0. The Kier molecular flexibility index (Phi) is 3.81. The molecule has 0 unspecified atom stereocenters. The molecule has 2 aromatic carbocycles. The van der Waals surface area contributed by atoms with Crippen molar-refractivity contribution in [2.24, 2.45) is 0 Å². The first kappa shape index (κ1) is 11.1. The highest BCUT2D eigenvalue weighted by atomic mass is 127. The molecule has 0 fully saturated rings. The van der Waals surface area contributed by atoms with E-state index in [9.17, 15) is 0 Å². The summed E-state index contributed by atoms with van der Waals surface area (Å²) in [6, 6.07) is 17.2. The van der Waals surface area contributed by atoms with Crippen LogP contribution in [-0.2, 0) is 5.33 Å². The standard InChI is InChI=1S/C13H10BrI/c14-9-10-1-3-11(4-2-10)12-5-7-13(15)8-6-12/h1-8H,9H2. The van der Waals surface area contributed by atoms with Crippen LogP contribution in [0.4, 0.5) is 0 Å². The van der Waals surface area contributed by atoms with Gasteiger partial charge in [-0.2, -0.15) is 0 Å². The van der Waals surface area contributed by atoms with Gasteiger partial charge in [-0.3, -0.25) is 0 Å². The van der Waals surface area contributed by atoms with Crippen molar-refractivity contribution in [3.63, 3.8) is 0 Å². The van der Waals surface area contributed by atoms with Crippen LogP contribution in [0.2, 0.25) is 0 Å². The maximum atomic E-state index is 3.45. The van der Waals surface area contributed by atoms with Crippen molar-refractivity contribution in [3.05, 3.63) is 57.7 Å². The first-order chi connectivity index (χ1) is 7.29. The Bertz CT molecular complexity index is 431. The van der Waals surface area contributed by atoms with Gasteiger partial charge in [-0.25, -0.2) is 0 Å². The van der Waals surface area contributed by atoms with Gasteiger partial charge in [0.1, 0.15) is 0 Å². The lowest BCUT2D eigenvalue weighted by Crippen LogP contribution is -1.80. The zero-order chi connectivity index (χ0) is 10.7. The molecule has 0 N–H and O–H groups in total. The molecule has 0 saturated heterocycles. The monoisotopic (exact) mass is 372 g/mol. The average Bonchev–Trinajstić information content (AvgIpc) is 2.30. The molecular weight excluding hydrogens is 363 g/mol. The molecule has 0 aliphatic rings. The third-order valence-corrected chi connectivity index (χ3v) is 3.65. The van der Waals surface area contributed by atoms with Crippen LogP contribution in [0.25, 0.3) is 11.1 Å². The minimum Gasteiger partial charge on any atom is -0.0876 e. The van der Waals surface area contributed by atoms with Crippen LogP contribution in [0.15, 0.2) is 48.5 Å². The highest BCUT2D eigenvalue weighted by Gasteiger charge is 1.97. The Morgan fingerprint density at radius 1 is 0.800 bits per heavy atom. The smallest absolute Gasteiger partial charge is 0.0283 e. The quantitative estimate of drug-likeness (QED) is 0.522. The molecule has 0 heterocycles. The molecule has 0 amide bonds. The van der Waals surface area contributed by atoms with Crippen molar-refractivity contribution in [1.82, 2.24) is 0 Å². The van der Waals surface area contributed by atoms with Crippen molar-refractivity contribution in [2.75, 3.05) is 0 Å². The first-order valence-corrected chi connectivity index (χ1v) is 6.90. The summed E-state index contributed by atoms with van der Waals surface area (Å²) in [6.07, 6.45) is 0. The van der Waals surface area contributed by atoms with Crippen LogP contribution in [-0.4, -0.2) is 0 Å². The fraction of sp³-hybridized carbons (Fsp3) is 0.0769. The van der Waals surface area contributed by atoms with E-state index in [-0.39, 0.29) is 0 Å². The molecule has 0 aliphatic heterocycles. The van der Waals surface area contributed by atoms with Crippen LogP contribution < -0.4 is 0 Å². The normalized spacial score (nSPS) is 10.3. The highest BCUT2D eigenvalue weighted by molar-refractivity contribution is 14.1. The lowest BCUT2D eigenvalue weighted by Gasteiger charge is -2.02. The van der Waals surface area contributed by atoms with Crippen molar-refractivity contribution in [2.45, 2.75) is 5.33 Å². The number of alkyl halides is 1. The SMILES string of the molecule is BrCc1ccc(-c2ccc(I)cc2)cc1. The van der Waals surface area contributed by atoms with E-state index in [1.54, 1.807) is 0 Å². The third kappa shape index (κ3) is 2.82. The summed E-state index contributed by atoms with van der Waals surface area (Å²) in [6.45, 7) is 0. The topological polar surface area (TPSA) is 0 Å². The Balaban J connectivity index is 2.33. The summed E-state index contributed by atoms with van der Waals surface area (Å²) in [4.78, 5) is 0. The van der Waals surface area contributed by atoms with Crippen molar-refractivity contribution >= 4 is 38.5 Å². The van der Waals surface area contributed by atoms with Gasteiger partial charge in [-0.1, -0.05) is 52.3 Å². The van der Waals surface area contributed by atoms with Crippen LogP contribution >= 0.6 is 38.5 Å². The largest absolute Gasteiger partial charge is 0.0876 e. The van der Waals surface area contributed by atoms with Crippen molar-refractivity contribution < 1.29 is 0 Å². The van der Waals surface area contributed by atoms with Gasteiger partial charge in [-0.05, 0) is 51.4 Å². The van der Waals surface area contributed by atoms with Crippen LogP contribution in [0.1, 0.15) is 5.56 Å². The molecule has 0 saturated carbocycles. The molecule has 0 spiro atoms. The van der Waals surface area contributed by atoms with Gasteiger partial charge < -0.3 is 0 Å². The second-order valence-corrected chi connectivity index (χ2v) is 5.14. The molecular formula is C13H10BrI. The molecule has 2 rings (SSSR count). The molecule has 15 heavy (non-hydrogen) atoms. The third-order valence-electron chi connectivity index (χ3n) is 2.29. The van der Waals surface area contributed by atoms with E-state index in [0.717, 1.165) is 5.33 Å². The summed E-state index contributed by atoms with van der Waals surface area (Å²) in [5.41, 5.74) is 3.86. The maximum absolute atomic E-state index is 3.45. The van der Waals surface area contributed by atoms with Gasteiger partial charge in [0.05, 0.1) is 0 Å². The Labute approximate surface area is 112 Å². The van der Waals surface area contributed by atoms with Crippen LogP contribution in [0, 0.1) is 3.57 Å². The minimum absolute atomic E-state index is 0.917. The zero-order valence-electron chi connectivity index (χ0n) is 8.08. The van der Waals surface area contributed by atoms with Gasteiger partial charge in [0, 0.05) is 8.90 Å². The highest BCUT2D eigenvalue weighted by Crippen LogP contribution is 2.21. The summed E-state index contributed by atoms with van der Waals surface area (Å²) >= 11 is 5.77. The van der Waals surface area contributed by atoms with E-state index in [1.165, 1.54) is 20.3 Å². The van der Waals surface area contributed by atoms with E-state index in [1.807, 2.05) is 0 Å². The molecule has 0 aliphatic carbocycles. The van der Waals surface area contributed by atoms with Gasteiger partial charge in [0.2, 0.25) is 0 Å². The zero-order valence-corrected chi connectivity index (χ0v) is 11.8. The minimum atomic E-state index is 0.917. The number of hydrogen-bond acceptors (Lipinski definition) is 0. The van der Waals surface area contributed by atoms with Gasteiger partial charge >= 0.3 is 0 Å². The molecule has 0 atom stereocenters. The van der Waals surface area contributed by atoms with Crippen LogP contribution in [0.3, 0.4) is 0 Å². The van der Waals surface area contributed by atoms with E-state index in [4.69, 9.17) is 0 Å². The predicted octanol–water partition coefficient (Wildman–Crippen LogP) is 4.85. The number of rotatable bonds is 2. The second-order valence-electron chi connectivity index (χ2n) is 3.34. The van der Waals surface area contributed by atoms with Gasteiger partial charge in [0.25, 0.3) is 0 Å². The summed E-state index contributed by atoms with van der Waals surface area (Å²) in [5, 5.41) is 0.917. The summed E-state index contributed by atoms with van der Waals surface area (Å²) < 4.78 is 1.27. The second kappa shape index (κ2) is 5.12. The lowest BCUT2D eigenvalue weighted by molar-refractivity contribution is 1.43. The molecule has 2 aromatic rings. The van der Waals surface area contributed by atoms with Crippen LogP contribution in [0.5, 0.6) is 0 Å². The van der Waals surface area contributed by atoms with Gasteiger partial charge in [-0.15, -0.1) is 0 Å². The maximum Gasteiger partial charge on any atom is 0.0283 e. The molecule has 0 aromatic heterocycles. The number of benzene rings is 2. The van der Waals surface area contributed by atoms with Crippen molar-refractivity contribution in [1.29, 1.82) is 0 Å². The molecule has 76 valence electrons. The molecule has 0 nitrogen and oxygen atoms in total. The molecule has 0 bridgehead atoms. The Morgan fingerprint density at radius 3 is 1.73 bits per heavy atom. The summed E-state index contributed by atoms with van der Waals surface area (Å²) in [7, 11) is 0. The Hall–Kier alpha value is -0.350. The fourth-order valence-electron chi connectivity index (χ4n) is 1.43. The first-order valence-electron chi connectivity index (χ1n) is 4.70. The lowest BCUT2D eigenvalue weighted by atomic mass is 10.0. The van der Waals surface area contributed by atoms with E-state index in [2.05, 4.69) is 87.1 Å².